The average molecular weight is 1270 g/mol. The molecule has 6 heteroatoms. The van der Waals surface area contributed by atoms with Crippen LogP contribution in [0.1, 0.15) is 115 Å². The number of ether oxygens (including phenoxy) is 1. The van der Waals surface area contributed by atoms with Crippen molar-refractivity contribution in [3.63, 3.8) is 0 Å². The minimum Gasteiger partial charge on any atom is -0.509 e. The summed E-state index contributed by atoms with van der Waals surface area (Å²) in [7, 11) is 0. The molecule has 0 saturated heterocycles. The first-order chi connectivity index (χ1) is 40.3. The van der Waals surface area contributed by atoms with Crippen molar-refractivity contribution in [1.82, 2.24) is 9.55 Å². The van der Waals surface area contributed by atoms with Gasteiger partial charge in [-0.05, 0) is 114 Å². The fraction of sp³-hybridized carbons (Fsp3) is 0.221. The van der Waals surface area contributed by atoms with E-state index in [1.807, 2.05) is 47.0 Å². The molecule has 5 nitrogen and oxygen atoms in total. The molecule has 0 aliphatic carbocycles. The molecule has 0 atom stereocenters. The van der Waals surface area contributed by atoms with Gasteiger partial charge in [0.25, 0.3) is 0 Å². The molecular formula is C77H73N4OPt-3. The maximum Gasteiger partial charge on any atom is 0.135 e. The Morgan fingerprint density at radius 2 is 1.04 bits per heavy atom. The van der Waals surface area contributed by atoms with Crippen LogP contribution in [0.25, 0.3) is 72.1 Å². The van der Waals surface area contributed by atoms with E-state index in [4.69, 9.17) is 13.8 Å². The van der Waals surface area contributed by atoms with Gasteiger partial charge in [-0.2, -0.15) is 12.1 Å². The van der Waals surface area contributed by atoms with Crippen molar-refractivity contribution in [2.75, 3.05) is 9.80 Å². The average Bonchev–Trinajstić information content (AvgIpc) is 1.77. The van der Waals surface area contributed by atoms with Crippen LogP contribution < -0.4 is 14.5 Å². The van der Waals surface area contributed by atoms with E-state index >= 15 is 0 Å². The van der Waals surface area contributed by atoms with Crippen LogP contribution >= 0.6 is 0 Å². The fourth-order valence-electron chi connectivity index (χ4n) is 11.5. The molecule has 0 unspecified atom stereocenters. The van der Waals surface area contributed by atoms with E-state index in [0.717, 1.165) is 72.4 Å². The van der Waals surface area contributed by atoms with Crippen LogP contribution in [0, 0.1) is 25.7 Å². The van der Waals surface area contributed by atoms with Crippen molar-refractivity contribution < 1.29 is 29.9 Å². The number of aromatic nitrogens is 2. The maximum atomic E-state index is 8.92. The van der Waals surface area contributed by atoms with Gasteiger partial charge in [-0.25, -0.2) is 4.98 Å². The van der Waals surface area contributed by atoms with Crippen molar-refractivity contribution in [1.29, 1.82) is 0 Å². The third kappa shape index (κ3) is 11.0. The third-order valence-corrected chi connectivity index (χ3v) is 16.1. The molecule has 9 aromatic carbocycles. The minimum absolute atomic E-state index is 0. The Morgan fingerprint density at radius 1 is 0.458 bits per heavy atom. The minimum atomic E-state index is -2.44. The Morgan fingerprint density at radius 3 is 1.71 bits per heavy atom. The summed E-state index contributed by atoms with van der Waals surface area (Å²) in [4.78, 5) is 9.61. The fourth-order valence-corrected chi connectivity index (χ4v) is 11.5. The van der Waals surface area contributed by atoms with E-state index in [9.17, 15) is 0 Å². The van der Waals surface area contributed by atoms with Crippen molar-refractivity contribution in [3.05, 3.63) is 247 Å². The Hall–Kier alpha value is -7.98. The summed E-state index contributed by atoms with van der Waals surface area (Å²) < 4.78 is 35.5. The molecule has 2 aromatic heterocycles. The van der Waals surface area contributed by atoms with Crippen molar-refractivity contribution in [3.8, 4) is 61.8 Å². The van der Waals surface area contributed by atoms with Gasteiger partial charge in [0.15, 0.2) is 0 Å². The zero-order valence-corrected chi connectivity index (χ0v) is 51.9. The number of rotatable bonds is 9. The third-order valence-electron chi connectivity index (χ3n) is 16.1. The van der Waals surface area contributed by atoms with Gasteiger partial charge in [-0.1, -0.05) is 228 Å². The second-order valence-electron chi connectivity index (χ2n) is 26.1. The Labute approximate surface area is 511 Å². The van der Waals surface area contributed by atoms with Crippen LogP contribution in [-0.2, 0) is 42.7 Å². The topological polar surface area (TPSA) is 33.5 Å². The summed E-state index contributed by atoms with van der Waals surface area (Å²) in [5.41, 5.74) is 18.5. The first-order valence-electron chi connectivity index (χ1n) is 30.1. The number of nitrogens with zero attached hydrogens (tertiary/aromatic N) is 4. The molecule has 0 bridgehead atoms. The maximum absolute atomic E-state index is 8.92. The second-order valence-corrected chi connectivity index (χ2v) is 26.1. The molecule has 0 amide bonds. The van der Waals surface area contributed by atoms with Crippen LogP contribution in [0.2, 0.25) is 0 Å². The van der Waals surface area contributed by atoms with Crippen LogP contribution in [0.4, 0.5) is 22.7 Å². The molecule has 1 aliphatic heterocycles. The van der Waals surface area contributed by atoms with Crippen molar-refractivity contribution in [2.24, 2.45) is 0 Å². The normalized spacial score (nSPS) is 13.6. The largest absolute Gasteiger partial charge is 0.509 e. The van der Waals surface area contributed by atoms with Gasteiger partial charge >= 0.3 is 0 Å². The van der Waals surface area contributed by atoms with Gasteiger partial charge in [0.1, 0.15) is 5.82 Å². The predicted octanol–water partition coefficient (Wildman–Crippen LogP) is 21.1. The van der Waals surface area contributed by atoms with Gasteiger partial charge in [-0.3, -0.25) is 0 Å². The van der Waals surface area contributed by atoms with E-state index in [0.29, 0.717) is 28.4 Å². The van der Waals surface area contributed by atoms with Gasteiger partial charge in [-0.15, -0.1) is 48.1 Å². The SMILES string of the molecule is [2H]C([2H])([2H])c1cc(-n2c3[c-]c(Oc4[c-]c(N5[CH-]N(c6c(-c7ccc(-c8ccc(C(C)(C)C)cc8)cc7)cccc6-c6ccccc6C(C)(C)C)c6ccccc65)ccc4)ccc3c3ccccc32)ncc1-c1cc(C(C)(C)C)cc(C(C)(C)C)c1.[Pt]. The zero-order chi connectivity index (χ0) is 60.0. The Balaban J connectivity index is 0.00000768. The number of anilines is 4. The molecule has 1 aliphatic rings. The number of aryl methyl sites for hydroxylation is 1. The Kier molecular flexibility index (Phi) is 13.8. The number of hydrogen-bond donors (Lipinski definition) is 0. The molecule has 11 aromatic rings. The van der Waals surface area contributed by atoms with Crippen LogP contribution in [-0.4, -0.2) is 9.55 Å². The molecule has 0 radical (unpaired) electrons. The number of hydrogen-bond acceptors (Lipinski definition) is 4. The summed E-state index contributed by atoms with van der Waals surface area (Å²) >= 11 is 0. The van der Waals surface area contributed by atoms with E-state index in [1.165, 1.54) is 27.8 Å². The molecule has 3 heterocycles. The Bertz CT molecular complexity index is 4310. The quantitative estimate of drug-likeness (QED) is 0.135. The summed E-state index contributed by atoms with van der Waals surface area (Å²) in [6.45, 7) is 26.5. The molecule has 83 heavy (non-hydrogen) atoms. The first-order valence-corrected chi connectivity index (χ1v) is 28.6. The standard InChI is InChI=1S/C77H73N4O.Pt/c1-50-42-72(78-48-66(50)54-43-56(75(5,6)7)45-57(44-54)76(8,9)10)81-68-29-17-15-25-63(68)64-41-40-60(47-71(64)81)82-59-23-20-22-58(46-59)79-49-80(70-31-19-18-30-69(70)79)73-61(26-21-27-65(73)62-24-14-16-28-67(62)77(11,12)13)53-34-32-51(33-35-53)52-36-38-55(39-37-52)74(2,3)4;/h14-45,48-49H,1-13H3;/q-3;/i1D3;. The number of benzene rings is 9. The summed E-state index contributed by atoms with van der Waals surface area (Å²) in [6, 6.07) is 75.5. The summed E-state index contributed by atoms with van der Waals surface area (Å²) in [5.74, 6) is 1.46. The zero-order valence-electron chi connectivity index (χ0n) is 52.6. The molecule has 0 spiro atoms. The van der Waals surface area contributed by atoms with Crippen LogP contribution in [0.3, 0.4) is 0 Å². The van der Waals surface area contributed by atoms with Gasteiger partial charge in [0.2, 0.25) is 0 Å². The van der Waals surface area contributed by atoms with Gasteiger partial charge in [0.05, 0.1) is 0 Å². The summed E-state index contributed by atoms with van der Waals surface area (Å²) in [5, 5.41) is 1.92. The van der Waals surface area contributed by atoms with Crippen molar-refractivity contribution in [2.45, 2.75) is 112 Å². The predicted molar refractivity (Wildman–Crippen MR) is 346 cm³/mol. The van der Waals surface area contributed by atoms with Crippen LogP contribution in [0.5, 0.6) is 11.5 Å². The molecule has 420 valence electrons. The number of pyridine rings is 1. The monoisotopic (exact) mass is 1270 g/mol. The van der Waals surface area contributed by atoms with Gasteiger partial charge in [0, 0.05) is 82.1 Å². The second kappa shape index (κ2) is 21.6. The van der Waals surface area contributed by atoms with Crippen LogP contribution in [0.15, 0.2) is 200 Å². The van der Waals surface area contributed by atoms with Gasteiger partial charge < -0.3 is 19.1 Å². The molecule has 0 N–H and O–H groups in total. The first kappa shape index (κ1) is 53.1. The molecule has 0 fully saturated rings. The molecular weight excluding hydrogens is 1190 g/mol. The van der Waals surface area contributed by atoms with E-state index in [2.05, 4.69) is 257 Å². The smallest absolute Gasteiger partial charge is 0.135 e. The molecule has 12 rings (SSSR count). The van der Waals surface area contributed by atoms with Crippen molar-refractivity contribution >= 4 is 44.6 Å². The van der Waals surface area contributed by atoms with E-state index in [-0.39, 0.29) is 48.3 Å². The molecule has 0 saturated carbocycles. The van der Waals surface area contributed by atoms with E-state index < -0.39 is 6.85 Å². The number of para-hydroxylation sites is 4. The van der Waals surface area contributed by atoms with E-state index in [1.54, 1.807) is 12.3 Å². The summed E-state index contributed by atoms with van der Waals surface area (Å²) in [6.07, 6.45) is 1.73. The number of fused-ring (bicyclic) bond motifs is 4.